The van der Waals surface area contributed by atoms with Crippen LogP contribution in [-0.2, 0) is 10.0 Å². The second kappa shape index (κ2) is 10.7. The number of aryl methyl sites for hydroxylation is 1. The van der Waals surface area contributed by atoms with E-state index >= 15 is 0 Å². The number of piperidine rings is 1. The lowest BCUT2D eigenvalue weighted by atomic mass is 9.95. The first-order valence-electron chi connectivity index (χ1n) is 14.0. The lowest BCUT2D eigenvalue weighted by Gasteiger charge is -2.30. The van der Waals surface area contributed by atoms with E-state index in [4.69, 9.17) is 5.10 Å². The molecule has 0 radical (unpaired) electrons. The van der Waals surface area contributed by atoms with Crippen LogP contribution in [0.5, 0.6) is 0 Å². The van der Waals surface area contributed by atoms with Gasteiger partial charge >= 0.3 is 0 Å². The summed E-state index contributed by atoms with van der Waals surface area (Å²) < 4.78 is 32.1. The Bertz CT molecular complexity index is 2070. The van der Waals surface area contributed by atoms with E-state index in [9.17, 15) is 13.2 Å². The van der Waals surface area contributed by atoms with Crippen LogP contribution in [-0.4, -0.2) is 61.1 Å². The number of sulfonamides is 1. The largest absolute Gasteiger partial charge is 0.306 e. The predicted octanol–water partition coefficient (Wildman–Crippen LogP) is 4.59. The minimum absolute atomic E-state index is 0.0121. The second-order valence-electron chi connectivity index (χ2n) is 10.6. The van der Waals surface area contributed by atoms with Crippen molar-refractivity contribution in [1.82, 2.24) is 33.7 Å². The number of hydrogen-bond donors (Lipinski definition) is 1. The Kier molecular flexibility index (Phi) is 6.71. The number of hydrogen-bond acceptors (Lipinski definition) is 7. The van der Waals surface area contributed by atoms with Crippen molar-refractivity contribution in [3.05, 3.63) is 108 Å². The zero-order valence-electron chi connectivity index (χ0n) is 23.3. The lowest BCUT2D eigenvalue weighted by Crippen LogP contribution is -2.38. The molecule has 1 N–H and O–H groups in total. The summed E-state index contributed by atoms with van der Waals surface area (Å²) >= 11 is 0. The number of rotatable bonds is 6. The summed E-state index contributed by atoms with van der Waals surface area (Å²) in [6.45, 7) is 2.71. The van der Waals surface area contributed by atoms with E-state index in [1.807, 2.05) is 49.4 Å². The molecule has 2 aromatic carbocycles. The molecule has 0 bridgehead atoms. The van der Waals surface area contributed by atoms with Crippen molar-refractivity contribution >= 4 is 38.3 Å². The Morgan fingerprint density at radius 1 is 0.953 bits per heavy atom. The van der Waals surface area contributed by atoms with Crippen molar-refractivity contribution in [3.8, 4) is 5.69 Å². The van der Waals surface area contributed by atoms with Crippen LogP contribution in [0.15, 0.2) is 96.4 Å². The van der Waals surface area contributed by atoms with E-state index in [2.05, 4.69) is 20.4 Å². The maximum atomic E-state index is 13.6. The molecule has 0 spiro atoms. The number of aromatic nitrogens is 6. The highest BCUT2D eigenvalue weighted by atomic mass is 32.2. The first-order chi connectivity index (χ1) is 20.9. The molecule has 0 unspecified atom stereocenters. The smallest absolute Gasteiger partial charge is 0.262 e. The Morgan fingerprint density at radius 2 is 1.72 bits per heavy atom. The molecule has 1 saturated heterocycles. The van der Waals surface area contributed by atoms with Gasteiger partial charge in [-0.25, -0.2) is 22.6 Å². The Hall–Kier alpha value is -4.94. The molecule has 1 fully saturated rings. The summed E-state index contributed by atoms with van der Waals surface area (Å²) in [6, 6.07) is 20.4. The number of anilines is 1. The van der Waals surface area contributed by atoms with Crippen LogP contribution in [0.3, 0.4) is 0 Å². The maximum Gasteiger partial charge on any atom is 0.262 e. The Morgan fingerprint density at radius 3 is 2.53 bits per heavy atom. The van der Waals surface area contributed by atoms with Gasteiger partial charge in [0, 0.05) is 49.1 Å². The summed E-state index contributed by atoms with van der Waals surface area (Å²) in [5.74, 6) is 0.173. The van der Waals surface area contributed by atoms with Gasteiger partial charge in [-0.3, -0.25) is 9.78 Å². The highest BCUT2D eigenvalue weighted by molar-refractivity contribution is 7.89. The van der Waals surface area contributed by atoms with Gasteiger partial charge in [-0.15, -0.1) is 0 Å². The average molecular weight is 593 g/mol. The summed E-state index contributed by atoms with van der Waals surface area (Å²) in [4.78, 5) is 22.2. The van der Waals surface area contributed by atoms with Crippen molar-refractivity contribution in [2.45, 2.75) is 30.6 Å². The van der Waals surface area contributed by atoms with E-state index in [0.717, 1.165) is 22.3 Å². The molecule has 43 heavy (non-hydrogen) atoms. The monoisotopic (exact) mass is 592 g/mol. The van der Waals surface area contributed by atoms with Crippen molar-refractivity contribution in [2.75, 3.05) is 18.4 Å². The van der Waals surface area contributed by atoms with Crippen LogP contribution in [0.1, 0.15) is 40.4 Å². The number of fused-ring (bicyclic) bond motifs is 2. The first kappa shape index (κ1) is 26.9. The number of nitrogens with one attached hydrogen (secondary N) is 1. The molecule has 1 aliphatic heterocycles. The van der Waals surface area contributed by atoms with Crippen molar-refractivity contribution in [1.29, 1.82) is 0 Å². The van der Waals surface area contributed by atoms with Gasteiger partial charge in [-0.2, -0.15) is 14.5 Å². The third-order valence-electron chi connectivity index (χ3n) is 7.86. The molecule has 216 valence electrons. The fourth-order valence-corrected chi connectivity index (χ4v) is 7.19. The van der Waals surface area contributed by atoms with Gasteiger partial charge in [-0.05, 0) is 50.1 Å². The number of amides is 1. The Labute approximate surface area is 247 Å². The molecule has 11 nitrogen and oxygen atoms in total. The van der Waals surface area contributed by atoms with E-state index in [1.54, 1.807) is 52.1 Å². The third-order valence-corrected chi connectivity index (χ3v) is 9.79. The van der Waals surface area contributed by atoms with Crippen LogP contribution in [0.25, 0.3) is 22.2 Å². The van der Waals surface area contributed by atoms with Crippen LogP contribution < -0.4 is 5.32 Å². The number of nitrogens with zero attached hydrogens (tertiary/aromatic N) is 7. The first-order valence-corrected chi connectivity index (χ1v) is 15.4. The number of benzene rings is 2. The average Bonchev–Trinajstić information content (AvgIpc) is 3.66. The zero-order valence-corrected chi connectivity index (χ0v) is 24.1. The number of carbonyl (C=O) groups is 1. The normalized spacial score (nSPS) is 14.8. The van der Waals surface area contributed by atoms with Crippen LogP contribution >= 0.6 is 0 Å². The van der Waals surface area contributed by atoms with E-state index < -0.39 is 10.0 Å². The molecule has 0 aliphatic carbocycles. The fraction of sp³-hybridized carbons (Fsp3) is 0.194. The minimum Gasteiger partial charge on any atom is -0.306 e. The molecular weight excluding hydrogens is 564 g/mol. The quantitative estimate of drug-likeness (QED) is 0.300. The van der Waals surface area contributed by atoms with Gasteiger partial charge in [0.1, 0.15) is 16.3 Å². The van der Waals surface area contributed by atoms with E-state index in [0.29, 0.717) is 48.5 Å². The minimum atomic E-state index is -3.73. The maximum absolute atomic E-state index is 13.6. The molecular formula is C31H28N8O3S. The van der Waals surface area contributed by atoms with Crippen LogP contribution in [0.4, 0.5) is 5.82 Å². The van der Waals surface area contributed by atoms with Gasteiger partial charge in [-0.1, -0.05) is 35.9 Å². The molecule has 1 amide bonds. The predicted molar refractivity (Wildman–Crippen MR) is 162 cm³/mol. The van der Waals surface area contributed by atoms with Gasteiger partial charge in [0.25, 0.3) is 5.91 Å². The molecule has 7 rings (SSSR count). The summed E-state index contributed by atoms with van der Waals surface area (Å²) in [6.07, 6.45) is 7.64. The highest BCUT2D eigenvalue weighted by Gasteiger charge is 2.33. The summed E-state index contributed by atoms with van der Waals surface area (Å²) in [7, 11) is -3.73. The standard InChI is InChI=1S/C31H28N8O3S/c1-21-8-10-24(11-9-21)39-28(35-31(40)25-20-34-38-16-4-15-33-30(25)38)19-26(36-39)22-12-17-37(18-13-22)43(41,42)27-7-2-5-23-6-3-14-32-29(23)27/h2-11,14-16,19-20,22H,12-13,17-18H2,1H3,(H,35,40). The van der Waals surface area contributed by atoms with Gasteiger partial charge in [0.05, 0.1) is 23.1 Å². The number of pyridine rings is 1. The second-order valence-corrected chi connectivity index (χ2v) is 12.5. The molecule has 12 heteroatoms. The molecule has 4 aromatic heterocycles. The topological polar surface area (TPSA) is 127 Å². The van der Waals surface area contributed by atoms with Gasteiger partial charge in [0.15, 0.2) is 5.65 Å². The van der Waals surface area contributed by atoms with Crippen molar-refractivity contribution < 1.29 is 13.2 Å². The van der Waals surface area contributed by atoms with Crippen molar-refractivity contribution in [3.63, 3.8) is 0 Å². The molecule has 1 aliphatic rings. The number of para-hydroxylation sites is 1. The fourth-order valence-electron chi connectivity index (χ4n) is 5.56. The van der Waals surface area contributed by atoms with Gasteiger partial charge < -0.3 is 5.32 Å². The van der Waals surface area contributed by atoms with Crippen LogP contribution in [0.2, 0.25) is 0 Å². The lowest BCUT2D eigenvalue weighted by molar-refractivity contribution is 0.102. The molecule has 6 aromatic rings. The highest BCUT2D eigenvalue weighted by Crippen LogP contribution is 2.33. The summed E-state index contributed by atoms with van der Waals surface area (Å²) in [5.41, 5.74) is 3.98. The van der Waals surface area contributed by atoms with E-state index in [-0.39, 0.29) is 16.7 Å². The summed E-state index contributed by atoms with van der Waals surface area (Å²) in [5, 5.41) is 12.9. The van der Waals surface area contributed by atoms with E-state index in [1.165, 1.54) is 10.5 Å². The van der Waals surface area contributed by atoms with Crippen LogP contribution in [0, 0.1) is 6.92 Å². The Balaban J connectivity index is 1.15. The molecule has 0 atom stereocenters. The zero-order chi connectivity index (χ0) is 29.6. The van der Waals surface area contributed by atoms with Gasteiger partial charge in [0.2, 0.25) is 10.0 Å². The molecule has 5 heterocycles. The SMILES string of the molecule is Cc1ccc(-n2nc(C3CCN(S(=O)(=O)c4cccc5cccnc45)CC3)cc2NC(=O)c2cnn3cccnc23)cc1. The number of carbonyl (C=O) groups excluding carboxylic acids is 1. The third kappa shape index (κ3) is 4.94. The molecule has 0 saturated carbocycles. The van der Waals surface area contributed by atoms with Crippen molar-refractivity contribution in [2.24, 2.45) is 0 Å².